The minimum absolute atomic E-state index is 0.0507. The molecular weight excluding hydrogens is 292 g/mol. The van der Waals surface area contributed by atoms with E-state index in [0.717, 1.165) is 5.56 Å². The van der Waals surface area contributed by atoms with E-state index in [9.17, 15) is 13.2 Å². The van der Waals surface area contributed by atoms with E-state index in [4.69, 9.17) is 5.73 Å². The zero-order chi connectivity index (χ0) is 15.5. The second kappa shape index (κ2) is 6.06. The van der Waals surface area contributed by atoms with Gasteiger partial charge in [-0.15, -0.1) is 0 Å². The van der Waals surface area contributed by atoms with Gasteiger partial charge in [0.05, 0.1) is 4.90 Å². The molecule has 0 unspecified atom stereocenters. The molecule has 1 aromatic carbocycles. The first-order valence-corrected chi connectivity index (χ1v) is 7.85. The van der Waals surface area contributed by atoms with Crippen molar-refractivity contribution in [1.29, 1.82) is 0 Å². The van der Waals surface area contributed by atoms with Crippen molar-refractivity contribution in [3.63, 3.8) is 0 Å². The molecule has 1 aromatic heterocycles. The highest BCUT2D eigenvalue weighted by molar-refractivity contribution is 7.92. The van der Waals surface area contributed by atoms with Gasteiger partial charge >= 0.3 is 0 Å². The lowest BCUT2D eigenvalue weighted by atomic mass is 10.1. The highest BCUT2D eigenvalue weighted by Crippen LogP contribution is 2.20. The van der Waals surface area contributed by atoms with Crippen LogP contribution in [0.25, 0.3) is 0 Å². The molecule has 2 rings (SSSR count). The van der Waals surface area contributed by atoms with Gasteiger partial charge in [0.25, 0.3) is 15.6 Å². The summed E-state index contributed by atoms with van der Waals surface area (Å²) in [6.07, 6.45) is 0.570. The minimum Gasteiger partial charge on any atom is -0.326 e. The standard InChI is InChI=1S/C13H16N4O3S/c1-2-10-4-3-9(8-14)7-11(10)21(19,20)17-12-5-6-13(18)16-15-12/h3-7H,2,8,14H2,1H3,(H,15,17)(H,16,18). The fraction of sp³-hybridized carbons (Fsp3) is 0.231. The van der Waals surface area contributed by atoms with Crippen LogP contribution in [0.1, 0.15) is 18.1 Å². The Morgan fingerprint density at radius 3 is 2.62 bits per heavy atom. The quantitative estimate of drug-likeness (QED) is 0.747. The number of aromatic amines is 1. The molecule has 0 saturated carbocycles. The molecule has 0 fully saturated rings. The number of nitrogens with one attached hydrogen (secondary N) is 2. The van der Waals surface area contributed by atoms with Gasteiger partial charge in [-0.2, -0.15) is 5.10 Å². The van der Waals surface area contributed by atoms with Crippen LogP contribution in [0.3, 0.4) is 0 Å². The monoisotopic (exact) mass is 308 g/mol. The SMILES string of the molecule is CCc1ccc(CN)cc1S(=O)(=O)Nc1ccc(=O)[nH]n1. The second-order valence-electron chi connectivity index (χ2n) is 4.41. The lowest BCUT2D eigenvalue weighted by molar-refractivity contribution is 0.599. The summed E-state index contributed by atoms with van der Waals surface area (Å²) >= 11 is 0. The number of benzene rings is 1. The van der Waals surface area contributed by atoms with Gasteiger partial charge in [-0.25, -0.2) is 13.5 Å². The molecule has 0 aliphatic carbocycles. The summed E-state index contributed by atoms with van der Waals surface area (Å²) in [4.78, 5) is 11.1. The third kappa shape index (κ3) is 3.47. The van der Waals surface area contributed by atoms with E-state index in [0.29, 0.717) is 12.0 Å². The Morgan fingerprint density at radius 1 is 1.29 bits per heavy atom. The molecule has 0 radical (unpaired) electrons. The molecule has 0 spiro atoms. The zero-order valence-electron chi connectivity index (χ0n) is 11.5. The van der Waals surface area contributed by atoms with Crippen LogP contribution in [0.15, 0.2) is 40.0 Å². The first kappa shape index (κ1) is 15.2. The third-order valence-electron chi connectivity index (χ3n) is 2.96. The van der Waals surface area contributed by atoms with Gasteiger partial charge in [0.15, 0.2) is 5.82 Å². The van der Waals surface area contributed by atoms with Gasteiger partial charge in [0.1, 0.15) is 0 Å². The number of anilines is 1. The van der Waals surface area contributed by atoms with Crippen molar-refractivity contribution in [2.75, 3.05) is 4.72 Å². The predicted octanol–water partition coefficient (Wildman–Crippen LogP) is 0.592. The smallest absolute Gasteiger partial charge is 0.264 e. The van der Waals surface area contributed by atoms with E-state index in [-0.39, 0.29) is 17.3 Å². The highest BCUT2D eigenvalue weighted by atomic mass is 32.2. The van der Waals surface area contributed by atoms with E-state index in [1.165, 1.54) is 12.1 Å². The summed E-state index contributed by atoms with van der Waals surface area (Å²) in [6, 6.07) is 7.59. The molecule has 2 aromatic rings. The van der Waals surface area contributed by atoms with E-state index in [1.807, 2.05) is 6.92 Å². The van der Waals surface area contributed by atoms with Gasteiger partial charge in [-0.1, -0.05) is 19.1 Å². The molecule has 0 saturated heterocycles. The van der Waals surface area contributed by atoms with Crippen molar-refractivity contribution in [1.82, 2.24) is 10.2 Å². The van der Waals surface area contributed by atoms with Gasteiger partial charge in [0.2, 0.25) is 0 Å². The van der Waals surface area contributed by atoms with Gasteiger partial charge in [0, 0.05) is 12.6 Å². The van der Waals surface area contributed by atoms with E-state index < -0.39 is 15.6 Å². The van der Waals surface area contributed by atoms with Gasteiger partial charge < -0.3 is 5.73 Å². The van der Waals surface area contributed by atoms with Crippen molar-refractivity contribution in [2.24, 2.45) is 5.73 Å². The van der Waals surface area contributed by atoms with Crippen molar-refractivity contribution < 1.29 is 8.42 Å². The molecule has 0 amide bonds. The van der Waals surface area contributed by atoms with Crippen LogP contribution in [0.5, 0.6) is 0 Å². The Balaban J connectivity index is 2.43. The molecule has 0 bridgehead atoms. The number of aromatic nitrogens is 2. The Morgan fingerprint density at radius 2 is 2.05 bits per heavy atom. The van der Waals surface area contributed by atoms with Crippen LogP contribution in [0.4, 0.5) is 5.82 Å². The Bertz CT molecular complexity index is 779. The van der Waals surface area contributed by atoms with E-state index >= 15 is 0 Å². The van der Waals surface area contributed by atoms with Gasteiger partial charge in [-0.05, 0) is 29.7 Å². The number of hydrogen-bond acceptors (Lipinski definition) is 5. The molecule has 4 N–H and O–H groups in total. The number of hydrogen-bond donors (Lipinski definition) is 3. The van der Waals surface area contributed by atoms with Crippen molar-refractivity contribution in [3.05, 3.63) is 51.8 Å². The number of sulfonamides is 1. The fourth-order valence-corrected chi connectivity index (χ4v) is 3.23. The van der Waals surface area contributed by atoms with Crippen LogP contribution in [0, 0.1) is 0 Å². The highest BCUT2D eigenvalue weighted by Gasteiger charge is 2.19. The zero-order valence-corrected chi connectivity index (χ0v) is 12.3. The predicted molar refractivity (Wildman–Crippen MR) is 79.4 cm³/mol. The number of nitrogens with zero attached hydrogens (tertiary/aromatic N) is 1. The fourth-order valence-electron chi connectivity index (χ4n) is 1.86. The summed E-state index contributed by atoms with van der Waals surface area (Å²) in [6.45, 7) is 2.12. The summed E-state index contributed by atoms with van der Waals surface area (Å²) in [7, 11) is -3.79. The summed E-state index contributed by atoms with van der Waals surface area (Å²) in [5, 5.41) is 5.81. The maximum absolute atomic E-state index is 12.5. The van der Waals surface area contributed by atoms with Crippen molar-refractivity contribution in [2.45, 2.75) is 24.8 Å². The van der Waals surface area contributed by atoms with Crippen LogP contribution < -0.4 is 16.0 Å². The first-order chi connectivity index (χ1) is 9.96. The molecule has 112 valence electrons. The average molecular weight is 308 g/mol. The van der Waals surface area contributed by atoms with E-state index in [2.05, 4.69) is 14.9 Å². The summed E-state index contributed by atoms with van der Waals surface area (Å²) in [5.41, 5.74) is 6.56. The average Bonchev–Trinajstić information content (AvgIpc) is 2.48. The molecule has 0 atom stereocenters. The third-order valence-corrected chi connectivity index (χ3v) is 4.39. The van der Waals surface area contributed by atoms with Crippen molar-refractivity contribution >= 4 is 15.8 Å². The first-order valence-electron chi connectivity index (χ1n) is 6.36. The lowest BCUT2D eigenvalue weighted by Crippen LogP contribution is -2.18. The number of nitrogens with two attached hydrogens (primary N) is 1. The van der Waals surface area contributed by atoms with E-state index in [1.54, 1.807) is 18.2 Å². The van der Waals surface area contributed by atoms with Crippen LogP contribution in [-0.4, -0.2) is 18.6 Å². The molecule has 1 heterocycles. The maximum Gasteiger partial charge on any atom is 0.264 e. The molecule has 8 heteroatoms. The van der Waals surface area contributed by atoms with Crippen LogP contribution in [0.2, 0.25) is 0 Å². The van der Waals surface area contributed by atoms with Crippen molar-refractivity contribution in [3.8, 4) is 0 Å². The van der Waals surface area contributed by atoms with Crippen LogP contribution >= 0.6 is 0 Å². The number of H-pyrrole nitrogens is 1. The number of aryl methyl sites for hydroxylation is 1. The van der Waals surface area contributed by atoms with Gasteiger partial charge in [-0.3, -0.25) is 9.52 Å². The Labute approximate surface area is 122 Å². The normalized spacial score (nSPS) is 11.3. The lowest BCUT2D eigenvalue weighted by Gasteiger charge is -2.12. The van der Waals surface area contributed by atoms with Crippen LogP contribution in [-0.2, 0) is 23.0 Å². The largest absolute Gasteiger partial charge is 0.326 e. The maximum atomic E-state index is 12.5. The molecule has 21 heavy (non-hydrogen) atoms. The summed E-state index contributed by atoms with van der Waals surface area (Å²) < 4.78 is 27.2. The molecule has 7 nitrogen and oxygen atoms in total. The Kier molecular flexibility index (Phi) is 4.39. The Hall–Kier alpha value is -2.19. The number of rotatable bonds is 5. The molecular formula is C13H16N4O3S. The topological polar surface area (TPSA) is 118 Å². The minimum atomic E-state index is -3.79. The second-order valence-corrected chi connectivity index (χ2v) is 6.06. The summed E-state index contributed by atoms with van der Waals surface area (Å²) in [5.74, 6) is 0.0507. The molecule has 0 aliphatic rings. The molecule has 0 aliphatic heterocycles.